The van der Waals surface area contributed by atoms with Gasteiger partial charge < -0.3 is 4.74 Å². The van der Waals surface area contributed by atoms with Gasteiger partial charge in [-0.2, -0.15) is 5.10 Å². The number of carbonyl (C=O) groups is 2. The molecule has 0 saturated heterocycles. The quantitative estimate of drug-likeness (QED) is 0.201. The van der Waals surface area contributed by atoms with Crippen molar-refractivity contribution in [3.8, 4) is 5.75 Å². The minimum Gasteiger partial charge on any atom is -0.423 e. The third kappa shape index (κ3) is 5.74. The summed E-state index contributed by atoms with van der Waals surface area (Å²) >= 11 is 23.6. The van der Waals surface area contributed by atoms with Crippen LogP contribution in [-0.4, -0.2) is 18.1 Å². The molecule has 9 heteroatoms. The zero-order chi connectivity index (χ0) is 21.7. The molecule has 0 bridgehead atoms. The molecule has 0 aliphatic carbocycles. The largest absolute Gasteiger partial charge is 0.423 e. The Kier molecular flexibility index (Phi) is 7.34. The Morgan fingerprint density at radius 2 is 1.67 bits per heavy atom. The van der Waals surface area contributed by atoms with Crippen molar-refractivity contribution in [2.75, 3.05) is 0 Å². The number of esters is 1. The standard InChI is InChI=1S/C21H12Cl4N2O3/c22-14-5-6-16(18(24)10-14)21(29)30-15-3-1-2-12(8-15)11-26-27-20(28)13-4-7-17(23)19(25)9-13/h1-11H,(H,27,28)/b26-11+. The highest BCUT2D eigenvalue weighted by Crippen LogP contribution is 2.24. The van der Waals surface area contributed by atoms with Crippen LogP contribution in [0.5, 0.6) is 5.75 Å². The van der Waals surface area contributed by atoms with Gasteiger partial charge in [-0.15, -0.1) is 0 Å². The van der Waals surface area contributed by atoms with E-state index in [1.807, 2.05) is 0 Å². The van der Waals surface area contributed by atoms with Crippen LogP contribution in [0.15, 0.2) is 65.8 Å². The molecule has 0 unspecified atom stereocenters. The number of hydrogen-bond acceptors (Lipinski definition) is 4. The zero-order valence-corrected chi connectivity index (χ0v) is 18.1. The lowest BCUT2D eigenvalue weighted by Crippen LogP contribution is -2.17. The first-order chi connectivity index (χ1) is 14.3. The second-order valence-corrected chi connectivity index (χ2v) is 7.57. The Bertz CT molecular complexity index is 1150. The highest BCUT2D eigenvalue weighted by atomic mass is 35.5. The average molecular weight is 482 g/mol. The molecule has 0 fully saturated rings. The molecule has 0 heterocycles. The van der Waals surface area contributed by atoms with Gasteiger partial charge in [0, 0.05) is 10.6 Å². The Morgan fingerprint density at radius 3 is 2.40 bits per heavy atom. The molecular formula is C21H12Cl4N2O3. The Labute approximate surface area is 192 Å². The molecule has 1 amide bonds. The van der Waals surface area contributed by atoms with Gasteiger partial charge in [-0.3, -0.25) is 4.79 Å². The van der Waals surface area contributed by atoms with Gasteiger partial charge in [0.15, 0.2) is 0 Å². The SMILES string of the molecule is O=C(N/N=C/c1cccc(OC(=O)c2ccc(Cl)cc2Cl)c1)c1ccc(Cl)c(Cl)c1. The van der Waals surface area contributed by atoms with E-state index in [0.717, 1.165) is 0 Å². The number of halogens is 4. The first-order valence-corrected chi connectivity index (χ1v) is 9.90. The van der Waals surface area contributed by atoms with Gasteiger partial charge in [-0.25, -0.2) is 10.2 Å². The molecule has 3 aromatic carbocycles. The van der Waals surface area contributed by atoms with Gasteiger partial charge in [-0.05, 0) is 54.1 Å². The minimum atomic E-state index is -0.626. The number of benzene rings is 3. The van der Waals surface area contributed by atoms with Crippen molar-refractivity contribution in [1.82, 2.24) is 5.43 Å². The molecule has 0 atom stereocenters. The van der Waals surface area contributed by atoms with Crippen LogP contribution in [0.1, 0.15) is 26.3 Å². The zero-order valence-electron chi connectivity index (χ0n) is 15.0. The second kappa shape index (κ2) is 9.96. The number of ether oxygens (including phenoxy) is 1. The third-order valence-corrected chi connectivity index (χ3v) is 5.07. The molecule has 3 aromatic rings. The fourth-order valence-electron chi connectivity index (χ4n) is 2.34. The normalized spacial score (nSPS) is 10.8. The second-order valence-electron chi connectivity index (χ2n) is 5.91. The number of amides is 1. The molecule has 0 aliphatic rings. The van der Waals surface area contributed by atoms with Crippen LogP contribution in [-0.2, 0) is 0 Å². The first kappa shape index (κ1) is 22.1. The molecule has 152 valence electrons. The topological polar surface area (TPSA) is 67.8 Å². The van der Waals surface area contributed by atoms with Crippen molar-refractivity contribution in [1.29, 1.82) is 0 Å². The molecule has 30 heavy (non-hydrogen) atoms. The van der Waals surface area contributed by atoms with Crippen molar-refractivity contribution in [2.24, 2.45) is 5.10 Å². The summed E-state index contributed by atoms with van der Waals surface area (Å²) in [5, 5.41) is 5.12. The van der Waals surface area contributed by atoms with Gasteiger partial charge in [0.1, 0.15) is 5.75 Å². The maximum atomic E-state index is 12.3. The van der Waals surface area contributed by atoms with Crippen LogP contribution in [0.4, 0.5) is 0 Å². The molecule has 0 radical (unpaired) electrons. The molecule has 5 nitrogen and oxygen atoms in total. The smallest absolute Gasteiger partial charge is 0.345 e. The summed E-state index contributed by atoms with van der Waals surface area (Å²) in [6, 6.07) is 15.6. The van der Waals surface area contributed by atoms with Crippen molar-refractivity contribution in [2.45, 2.75) is 0 Å². The van der Waals surface area contributed by atoms with Crippen LogP contribution >= 0.6 is 46.4 Å². The fraction of sp³-hybridized carbons (Fsp3) is 0. The Balaban J connectivity index is 1.65. The number of rotatable bonds is 5. The lowest BCUT2D eigenvalue weighted by atomic mass is 10.2. The molecule has 0 saturated carbocycles. The molecule has 1 N–H and O–H groups in total. The fourth-order valence-corrected chi connectivity index (χ4v) is 3.13. The van der Waals surface area contributed by atoms with E-state index in [4.69, 9.17) is 51.1 Å². The van der Waals surface area contributed by atoms with E-state index < -0.39 is 11.9 Å². The van der Waals surface area contributed by atoms with E-state index in [2.05, 4.69) is 10.5 Å². The predicted octanol–water partition coefficient (Wildman–Crippen LogP) is 6.28. The monoisotopic (exact) mass is 480 g/mol. The highest BCUT2D eigenvalue weighted by molar-refractivity contribution is 6.42. The van der Waals surface area contributed by atoms with Gasteiger partial charge in [0.2, 0.25) is 0 Å². The van der Waals surface area contributed by atoms with E-state index in [1.165, 1.54) is 36.5 Å². The van der Waals surface area contributed by atoms with Gasteiger partial charge in [0.25, 0.3) is 5.91 Å². The lowest BCUT2D eigenvalue weighted by molar-refractivity contribution is 0.0734. The Morgan fingerprint density at radius 1 is 0.867 bits per heavy atom. The van der Waals surface area contributed by atoms with Crippen molar-refractivity contribution < 1.29 is 14.3 Å². The molecule has 3 rings (SSSR count). The van der Waals surface area contributed by atoms with E-state index >= 15 is 0 Å². The number of hydrazone groups is 1. The summed E-state index contributed by atoms with van der Waals surface area (Å²) < 4.78 is 5.34. The summed E-state index contributed by atoms with van der Waals surface area (Å²) in [4.78, 5) is 24.4. The maximum absolute atomic E-state index is 12.3. The van der Waals surface area contributed by atoms with Crippen LogP contribution in [0.2, 0.25) is 20.1 Å². The molecule has 0 aliphatic heterocycles. The number of nitrogens with one attached hydrogen (secondary N) is 1. The summed E-state index contributed by atoms with van der Waals surface area (Å²) in [5.41, 5.74) is 3.48. The maximum Gasteiger partial charge on any atom is 0.345 e. The summed E-state index contributed by atoms with van der Waals surface area (Å²) in [6.45, 7) is 0. The lowest BCUT2D eigenvalue weighted by Gasteiger charge is -2.07. The van der Waals surface area contributed by atoms with Gasteiger partial charge in [-0.1, -0.05) is 58.5 Å². The van der Waals surface area contributed by atoms with Gasteiger partial charge >= 0.3 is 5.97 Å². The van der Waals surface area contributed by atoms with Crippen LogP contribution in [0.25, 0.3) is 0 Å². The van der Waals surface area contributed by atoms with Crippen LogP contribution < -0.4 is 10.2 Å². The number of nitrogens with zero attached hydrogens (tertiary/aromatic N) is 1. The van der Waals surface area contributed by atoms with Crippen LogP contribution in [0.3, 0.4) is 0 Å². The summed E-state index contributed by atoms with van der Waals surface area (Å²) in [6.07, 6.45) is 1.40. The molecule has 0 spiro atoms. The molecular weight excluding hydrogens is 470 g/mol. The number of carbonyl (C=O) groups excluding carboxylic acids is 2. The Hall–Kier alpha value is -2.57. The highest BCUT2D eigenvalue weighted by Gasteiger charge is 2.13. The summed E-state index contributed by atoms with van der Waals surface area (Å²) in [5.74, 6) is -0.797. The predicted molar refractivity (Wildman–Crippen MR) is 119 cm³/mol. The third-order valence-electron chi connectivity index (χ3n) is 3.78. The van der Waals surface area contributed by atoms with E-state index in [-0.39, 0.29) is 21.4 Å². The van der Waals surface area contributed by atoms with Gasteiger partial charge in [0.05, 0.1) is 26.8 Å². The first-order valence-electron chi connectivity index (χ1n) is 8.39. The summed E-state index contributed by atoms with van der Waals surface area (Å²) in [7, 11) is 0. The average Bonchev–Trinajstić information content (AvgIpc) is 2.70. The minimum absolute atomic E-state index is 0.189. The van der Waals surface area contributed by atoms with Crippen molar-refractivity contribution in [3.63, 3.8) is 0 Å². The number of hydrogen-bond donors (Lipinski definition) is 1. The van der Waals surface area contributed by atoms with Crippen LogP contribution in [0, 0.1) is 0 Å². The van der Waals surface area contributed by atoms with E-state index in [1.54, 1.807) is 30.3 Å². The van der Waals surface area contributed by atoms with Crippen molar-refractivity contribution in [3.05, 3.63) is 97.4 Å². The van der Waals surface area contributed by atoms with E-state index in [9.17, 15) is 9.59 Å². The van der Waals surface area contributed by atoms with Crippen molar-refractivity contribution >= 4 is 64.5 Å². The molecule has 0 aromatic heterocycles. The van der Waals surface area contributed by atoms with E-state index in [0.29, 0.717) is 21.2 Å².